The number of benzene rings is 1. The number of hydrogen-bond donors (Lipinski definition) is 2. The zero-order valence-corrected chi connectivity index (χ0v) is 13.4. The van der Waals surface area contributed by atoms with Crippen molar-refractivity contribution in [3.8, 4) is 11.8 Å². The van der Waals surface area contributed by atoms with Gasteiger partial charge in [0, 0.05) is 28.9 Å². The third kappa shape index (κ3) is 5.21. The lowest BCUT2D eigenvalue weighted by atomic mass is 10.2. The minimum atomic E-state index is -3.85. The summed E-state index contributed by atoms with van der Waals surface area (Å²) < 4.78 is 51.2. The summed E-state index contributed by atoms with van der Waals surface area (Å²) in [6.07, 6.45) is 1.49. The molecule has 8 heteroatoms. The molecular formula is C13H17FN2O3S2. The van der Waals surface area contributed by atoms with Crippen LogP contribution in [0.3, 0.4) is 0 Å². The number of nitrogens with one attached hydrogen (secondary N) is 1. The summed E-state index contributed by atoms with van der Waals surface area (Å²) in [5.74, 6) is 4.28. The number of rotatable bonds is 5. The van der Waals surface area contributed by atoms with E-state index in [1.807, 2.05) is 0 Å². The molecule has 0 aliphatic heterocycles. The topological polar surface area (TPSA) is 89.3 Å². The molecule has 0 fully saturated rings. The third-order valence-electron chi connectivity index (χ3n) is 2.70. The van der Waals surface area contributed by atoms with E-state index in [4.69, 9.17) is 5.73 Å². The molecule has 0 spiro atoms. The predicted molar refractivity (Wildman–Crippen MR) is 81.0 cm³/mol. The highest BCUT2D eigenvalue weighted by molar-refractivity contribution is 7.89. The lowest BCUT2D eigenvalue weighted by Gasteiger charge is -2.11. The Kier molecular flexibility index (Phi) is 6.48. The van der Waals surface area contributed by atoms with Crippen LogP contribution in [0, 0.1) is 17.7 Å². The predicted octanol–water partition coefficient (Wildman–Crippen LogP) is 0.181. The summed E-state index contributed by atoms with van der Waals surface area (Å²) in [5, 5.41) is -0.334. The average Bonchev–Trinajstić information content (AvgIpc) is 2.43. The van der Waals surface area contributed by atoms with E-state index in [1.54, 1.807) is 6.92 Å². The van der Waals surface area contributed by atoms with E-state index in [2.05, 4.69) is 16.6 Å². The minimum Gasteiger partial charge on any atom is -0.320 e. The molecule has 21 heavy (non-hydrogen) atoms. The monoisotopic (exact) mass is 332 g/mol. The van der Waals surface area contributed by atoms with Gasteiger partial charge in [-0.25, -0.2) is 17.5 Å². The van der Waals surface area contributed by atoms with E-state index in [1.165, 1.54) is 18.4 Å². The van der Waals surface area contributed by atoms with Crippen LogP contribution in [0.25, 0.3) is 0 Å². The van der Waals surface area contributed by atoms with Crippen LogP contribution < -0.4 is 10.5 Å². The molecule has 0 heterocycles. The quantitative estimate of drug-likeness (QED) is 0.753. The molecule has 1 aromatic carbocycles. The van der Waals surface area contributed by atoms with Crippen molar-refractivity contribution in [1.29, 1.82) is 0 Å². The van der Waals surface area contributed by atoms with Gasteiger partial charge < -0.3 is 5.73 Å². The summed E-state index contributed by atoms with van der Waals surface area (Å²) in [7, 11) is -4.99. The fraction of sp³-hybridized carbons (Fsp3) is 0.385. The summed E-state index contributed by atoms with van der Waals surface area (Å²) in [6.45, 7) is 1.76. The molecule has 1 aromatic rings. The second-order valence-corrected chi connectivity index (χ2v) is 7.88. The molecule has 2 unspecified atom stereocenters. The van der Waals surface area contributed by atoms with Gasteiger partial charge >= 0.3 is 0 Å². The van der Waals surface area contributed by atoms with Crippen molar-refractivity contribution < 1.29 is 17.0 Å². The van der Waals surface area contributed by atoms with E-state index in [0.717, 1.165) is 6.07 Å². The Morgan fingerprint density at radius 3 is 2.67 bits per heavy atom. The Bertz CT molecular complexity index is 693. The smallest absolute Gasteiger partial charge is 0.240 e. The van der Waals surface area contributed by atoms with Gasteiger partial charge in [-0.05, 0) is 25.1 Å². The Labute approximate surface area is 126 Å². The van der Waals surface area contributed by atoms with Gasteiger partial charge in [-0.15, -0.1) is 0 Å². The van der Waals surface area contributed by atoms with Gasteiger partial charge in [-0.3, -0.25) is 4.21 Å². The Morgan fingerprint density at radius 1 is 1.48 bits per heavy atom. The number of hydrogen-bond acceptors (Lipinski definition) is 4. The van der Waals surface area contributed by atoms with Crippen molar-refractivity contribution in [1.82, 2.24) is 4.72 Å². The molecular weight excluding hydrogens is 315 g/mol. The second kappa shape index (κ2) is 7.66. The number of nitrogens with two attached hydrogens (primary N) is 1. The van der Waals surface area contributed by atoms with Gasteiger partial charge in [0.1, 0.15) is 5.82 Å². The summed E-state index contributed by atoms with van der Waals surface area (Å²) >= 11 is 0. The van der Waals surface area contributed by atoms with Crippen LogP contribution in [-0.4, -0.2) is 37.2 Å². The van der Waals surface area contributed by atoms with Crippen molar-refractivity contribution in [2.24, 2.45) is 5.73 Å². The van der Waals surface area contributed by atoms with Crippen molar-refractivity contribution in [3.05, 3.63) is 29.6 Å². The molecule has 0 aliphatic rings. The van der Waals surface area contributed by atoms with Crippen LogP contribution >= 0.6 is 0 Å². The number of halogens is 1. The molecule has 0 radical (unpaired) electrons. The first-order valence-corrected chi connectivity index (χ1v) is 9.18. The molecule has 0 aromatic heterocycles. The normalized spacial score (nSPS) is 14.1. The molecule has 0 bridgehead atoms. The summed E-state index contributed by atoms with van der Waals surface area (Å²) in [5.41, 5.74) is 5.28. The van der Waals surface area contributed by atoms with Crippen molar-refractivity contribution in [3.63, 3.8) is 0 Å². The highest BCUT2D eigenvalue weighted by atomic mass is 32.2. The van der Waals surface area contributed by atoms with Gasteiger partial charge in [0.2, 0.25) is 10.0 Å². The van der Waals surface area contributed by atoms with Gasteiger partial charge in [-0.2, -0.15) is 0 Å². The molecule has 0 amide bonds. The third-order valence-corrected chi connectivity index (χ3v) is 5.42. The van der Waals surface area contributed by atoms with Crippen LogP contribution in [0.15, 0.2) is 23.1 Å². The highest BCUT2D eigenvalue weighted by Crippen LogP contribution is 2.14. The minimum absolute atomic E-state index is 0.0157. The molecule has 2 atom stereocenters. The fourth-order valence-corrected chi connectivity index (χ4v) is 2.90. The van der Waals surface area contributed by atoms with E-state index < -0.39 is 26.6 Å². The van der Waals surface area contributed by atoms with E-state index in [9.17, 15) is 17.0 Å². The molecule has 3 N–H and O–H groups in total. The molecule has 5 nitrogen and oxygen atoms in total. The van der Waals surface area contributed by atoms with Crippen molar-refractivity contribution in [2.45, 2.75) is 17.1 Å². The van der Waals surface area contributed by atoms with Crippen LogP contribution in [0.4, 0.5) is 4.39 Å². The first-order chi connectivity index (χ1) is 9.77. The van der Waals surface area contributed by atoms with Gasteiger partial charge in [-0.1, -0.05) is 11.8 Å². The molecule has 0 saturated heterocycles. The van der Waals surface area contributed by atoms with Gasteiger partial charge in [0.05, 0.1) is 17.0 Å². The van der Waals surface area contributed by atoms with E-state index in [0.29, 0.717) is 0 Å². The maximum absolute atomic E-state index is 13.7. The van der Waals surface area contributed by atoms with Crippen LogP contribution in [0.1, 0.15) is 12.5 Å². The lowest BCUT2D eigenvalue weighted by molar-refractivity contribution is 0.576. The van der Waals surface area contributed by atoms with Crippen molar-refractivity contribution >= 4 is 20.8 Å². The van der Waals surface area contributed by atoms with Gasteiger partial charge in [0.15, 0.2) is 0 Å². The molecule has 0 aliphatic carbocycles. The summed E-state index contributed by atoms with van der Waals surface area (Å²) in [6, 6.07) is 3.45. The average molecular weight is 332 g/mol. The molecule has 1 rings (SSSR count). The molecule has 0 saturated carbocycles. The largest absolute Gasteiger partial charge is 0.320 e. The SMILES string of the molecule is CC(CNS(=O)(=O)c1ccc(C#CCN)c(F)c1)S(C)=O. The van der Waals surface area contributed by atoms with Crippen molar-refractivity contribution in [2.75, 3.05) is 19.3 Å². The zero-order valence-electron chi connectivity index (χ0n) is 11.7. The van der Waals surface area contributed by atoms with Crippen LogP contribution in [0.5, 0.6) is 0 Å². The maximum atomic E-state index is 13.7. The van der Waals surface area contributed by atoms with Crippen LogP contribution in [-0.2, 0) is 20.8 Å². The zero-order chi connectivity index (χ0) is 16.0. The first-order valence-electron chi connectivity index (χ1n) is 6.08. The highest BCUT2D eigenvalue weighted by Gasteiger charge is 2.17. The second-order valence-electron chi connectivity index (χ2n) is 4.31. The fourth-order valence-electron chi connectivity index (χ4n) is 1.34. The Balaban J connectivity index is 2.94. The van der Waals surface area contributed by atoms with E-state index in [-0.39, 0.29) is 28.8 Å². The maximum Gasteiger partial charge on any atom is 0.240 e. The van der Waals surface area contributed by atoms with Crippen LogP contribution in [0.2, 0.25) is 0 Å². The van der Waals surface area contributed by atoms with E-state index >= 15 is 0 Å². The summed E-state index contributed by atoms with van der Waals surface area (Å²) in [4.78, 5) is -0.201. The lowest BCUT2D eigenvalue weighted by Crippen LogP contribution is -2.32. The Morgan fingerprint density at radius 2 is 2.14 bits per heavy atom. The van der Waals surface area contributed by atoms with Gasteiger partial charge in [0.25, 0.3) is 0 Å². The first kappa shape index (κ1) is 17.8. The molecule has 116 valence electrons. The standard InChI is InChI=1S/C13H17FN2O3S2/c1-10(20(2)17)9-16-21(18,19)12-6-5-11(4-3-7-15)13(14)8-12/h5-6,8,10,16H,7,9,15H2,1-2H3. The number of sulfonamides is 1. The Hall–Kier alpha value is -1.27.